The van der Waals surface area contributed by atoms with Crippen LogP contribution in [0.4, 0.5) is 0 Å². The summed E-state index contributed by atoms with van der Waals surface area (Å²) in [4.78, 5) is 16.8. The maximum absolute atomic E-state index is 12.4. The lowest BCUT2D eigenvalue weighted by Gasteiger charge is -2.43. The molecule has 1 aliphatic rings. The third kappa shape index (κ3) is 4.07. The van der Waals surface area contributed by atoms with E-state index in [4.69, 9.17) is 0 Å². The third-order valence-corrected chi connectivity index (χ3v) is 4.88. The molecular formula is C18H28N2O. The van der Waals surface area contributed by atoms with Crippen LogP contribution in [0.5, 0.6) is 0 Å². The minimum Gasteiger partial charge on any atom is -0.337 e. The van der Waals surface area contributed by atoms with Crippen molar-refractivity contribution in [2.24, 2.45) is 0 Å². The van der Waals surface area contributed by atoms with Crippen LogP contribution in [0.2, 0.25) is 0 Å². The van der Waals surface area contributed by atoms with Crippen molar-refractivity contribution in [2.75, 3.05) is 20.1 Å². The molecule has 2 rings (SSSR count). The van der Waals surface area contributed by atoms with E-state index in [1.807, 2.05) is 0 Å². The van der Waals surface area contributed by atoms with E-state index in [1.165, 1.54) is 11.1 Å². The lowest BCUT2D eigenvalue weighted by molar-refractivity contribution is -0.137. The first-order valence-corrected chi connectivity index (χ1v) is 8.04. The summed E-state index contributed by atoms with van der Waals surface area (Å²) < 4.78 is 0. The minimum atomic E-state index is 0.314. The topological polar surface area (TPSA) is 23.6 Å². The second-order valence-corrected chi connectivity index (χ2v) is 6.39. The van der Waals surface area contributed by atoms with Gasteiger partial charge in [-0.15, -0.1) is 0 Å². The Balaban J connectivity index is 1.80. The summed E-state index contributed by atoms with van der Waals surface area (Å²) in [6.45, 7) is 8.32. The van der Waals surface area contributed by atoms with Gasteiger partial charge < -0.3 is 4.90 Å². The summed E-state index contributed by atoms with van der Waals surface area (Å²) in [6, 6.07) is 9.37. The molecule has 1 amide bonds. The first-order valence-electron chi connectivity index (χ1n) is 8.04. The highest BCUT2D eigenvalue weighted by Gasteiger charge is 2.30. The van der Waals surface area contributed by atoms with Crippen LogP contribution in [-0.4, -0.2) is 47.9 Å². The molecule has 0 N–H and O–H groups in total. The van der Waals surface area contributed by atoms with Crippen molar-refractivity contribution in [1.82, 2.24) is 9.80 Å². The summed E-state index contributed by atoms with van der Waals surface area (Å²) in [7, 11) is 2.14. The molecule has 0 radical (unpaired) electrons. The second kappa shape index (κ2) is 7.08. The molecule has 1 aliphatic heterocycles. The lowest BCUT2D eigenvalue weighted by Crippen LogP contribution is -2.57. The fourth-order valence-electron chi connectivity index (χ4n) is 3.00. The van der Waals surface area contributed by atoms with Gasteiger partial charge in [0.05, 0.1) is 0 Å². The first kappa shape index (κ1) is 16.0. The Morgan fingerprint density at radius 2 is 1.81 bits per heavy atom. The van der Waals surface area contributed by atoms with Crippen LogP contribution >= 0.6 is 0 Å². The van der Waals surface area contributed by atoms with Gasteiger partial charge in [0.2, 0.25) is 5.91 Å². The number of amides is 1. The fraction of sp³-hybridized carbons (Fsp3) is 0.611. The molecule has 0 spiro atoms. The average Bonchev–Trinajstić information content (AvgIpc) is 2.47. The number of rotatable bonds is 4. The van der Waals surface area contributed by atoms with E-state index < -0.39 is 0 Å². The highest BCUT2D eigenvalue weighted by atomic mass is 16.2. The summed E-state index contributed by atoms with van der Waals surface area (Å²) in [5.74, 6) is 0.314. The second-order valence-electron chi connectivity index (χ2n) is 6.39. The number of piperazine rings is 1. The number of aryl methyl sites for hydroxylation is 2. The quantitative estimate of drug-likeness (QED) is 0.850. The van der Waals surface area contributed by atoms with Crippen molar-refractivity contribution >= 4 is 5.91 Å². The minimum absolute atomic E-state index is 0.314. The Labute approximate surface area is 128 Å². The maximum Gasteiger partial charge on any atom is 0.222 e. The molecule has 0 unspecified atom stereocenters. The van der Waals surface area contributed by atoms with Crippen molar-refractivity contribution in [3.05, 3.63) is 35.4 Å². The predicted octanol–water partition coefficient (Wildman–Crippen LogP) is 2.87. The van der Waals surface area contributed by atoms with Crippen LogP contribution in [0.25, 0.3) is 0 Å². The Morgan fingerprint density at radius 1 is 1.14 bits per heavy atom. The molecule has 0 saturated carbocycles. The standard InChI is InChI=1S/C18H28N2O/c1-14-8-10-17(11-9-14)6-5-7-18(21)20-13-12-19(4)15(2)16(20)3/h8-11,15-16H,5-7,12-13H2,1-4H3/t15-,16+/m0/s1. The molecule has 2 atom stereocenters. The van der Waals surface area contributed by atoms with E-state index in [2.05, 4.69) is 61.9 Å². The van der Waals surface area contributed by atoms with Crippen LogP contribution in [0.1, 0.15) is 37.8 Å². The first-order chi connectivity index (χ1) is 9.99. The zero-order valence-electron chi connectivity index (χ0n) is 13.8. The molecule has 3 nitrogen and oxygen atoms in total. The van der Waals surface area contributed by atoms with Gasteiger partial charge in [-0.3, -0.25) is 9.69 Å². The van der Waals surface area contributed by atoms with Gasteiger partial charge in [0, 0.05) is 31.6 Å². The van der Waals surface area contributed by atoms with Crippen molar-refractivity contribution in [1.29, 1.82) is 0 Å². The largest absolute Gasteiger partial charge is 0.337 e. The fourth-order valence-corrected chi connectivity index (χ4v) is 3.00. The number of nitrogens with zero attached hydrogens (tertiary/aromatic N) is 2. The number of carbonyl (C=O) groups is 1. The Bertz CT molecular complexity index is 469. The van der Waals surface area contributed by atoms with Crippen molar-refractivity contribution < 1.29 is 4.79 Å². The molecule has 21 heavy (non-hydrogen) atoms. The molecule has 1 heterocycles. The number of benzene rings is 1. The van der Waals surface area contributed by atoms with Gasteiger partial charge in [0.25, 0.3) is 0 Å². The molecule has 0 aliphatic carbocycles. The monoisotopic (exact) mass is 288 g/mol. The highest BCUT2D eigenvalue weighted by Crippen LogP contribution is 2.17. The Hall–Kier alpha value is -1.35. The van der Waals surface area contributed by atoms with E-state index in [0.29, 0.717) is 24.4 Å². The summed E-state index contributed by atoms with van der Waals surface area (Å²) >= 11 is 0. The van der Waals surface area contributed by atoms with E-state index >= 15 is 0 Å². The van der Waals surface area contributed by atoms with Crippen molar-refractivity contribution in [3.63, 3.8) is 0 Å². The van der Waals surface area contributed by atoms with Gasteiger partial charge in [-0.05, 0) is 46.2 Å². The molecule has 1 aromatic carbocycles. The molecule has 0 bridgehead atoms. The predicted molar refractivity (Wildman–Crippen MR) is 87.4 cm³/mol. The Kier molecular flexibility index (Phi) is 5.40. The molecule has 0 aromatic heterocycles. The molecular weight excluding hydrogens is 260 g/mol. The molecule has 1 fully saturated rings. The zero-order chi connectivity index (χ0) is 15.4. The third-order valence-electron chi connectivity index (χ3n) is 4.88. The summed E-state index contributed by atoms with van der Waals surface area (Å²) in [5, 5.41) is 0. The molecule has 116 valence electrons. The average molecular weight is 288 g/mol. The number of likely N-dealkylation sites (N-methyl/N-ethyl adjacent to an activating group) is 1. The van der Waals surface area contributed by atoms with Crippen LogP contribution < -0.4 is 0 Å². The van der Waals surface area contributed by atoms with E-state index in [0.717, 1.165) is 25.9 Å². The van der Waals surface area contributed by atoms with Gasteiger partial charge in [-0.25, -0.2) is 0 Å². The van der Waals surface area contributed by atoms with Gasteiger partial charge in [-0.1, -0.05) is 29.8 Å². The summed E-state index contributed by atoms with van der Waals surface area (Å²) in [5.41, 5.74) is 2.61. The summed E-state index contributed by atoms with van der Waals surface area (Å²) in [6.07, 6.45) is 2.59. The number of hydrogen-bond acceptors (Lipinski definition) is 2. The van der Waals surface area contributed by atoms with Crippen LogP contribution in [-0.2, 0) is 11.2 Å². The van der Waals surface area contributed by atoms with Crippen LogP contribution in [0, 0.1) is 6.92 Å². The number of hydrogen-bond donors (Lipinski definition) is 0. The van der Waals surface area contributed by atoms with E-state index in [9.17, 15) is 4.79 Å². The molecule has 3 heteroatoms. The zero-order valence-corrected chi connectivity index (χ0v) is 13.8. The van der Waals surface area contributed by atoms with Gasteiger partial charge in [-0.2, -0.15) is 0 Å². The van der Waals surface area contributed by atoms with E-state index in [-0.39, 0.29) is 0 Å². The van der Waals surface area contributed by atoms with Gasteiger partial charge >= 0.3 is 0 Å². The lowest BCUT2D eigenvalue weighted by atomic mass is 10.0. The van der Waals surface area contributed by atoms with Gasteiger partial charge in [0.1, 0.15) is 0 Å². The number of carbonyl (C=O) groups excluding carboxylic acids is 1. The van der Waals surface area contributed by atoms with Gasteiger partial charge in [0.15, 0.2) is 0 Å². The van der Waals surface area contributed by atoms with Crippen LogP contribution in [0.15, 0.2) is 24.3 Å². The van der Waals surface area contributed by atoms with Crippen LogP contribution in [0.3, 0.4) is 0 Å². The smallest absolute Gasteiger partial charge is 0.222 e. The molecule has 1 aromatic rings. The normalized spacial score (nSPS) is 23.3. The van der Waals surface area contributed by atoms with Crippen molar-refractivity contribution in [3.8, 4) is 0 Å². The SMILES string of the molecule is Cc1ccc(CCCC(=O)N2CCN(C)[C@@H](C)[C@H]2C)cc1. The molecule has 1 saturated heterocycles. The van der Waals surface area contributed by atoms with Crippen molar-refractivity contribution in [2.45, 2.75) is 52.1 Å². The highest BCUT2D eigenvalue weighted by molar-refractivity contribution is 5.76. The Morgan fingerprint density at radius 3 is 2.48 bits per heavy atom. The van der Waals surface area contributed by atoms with E-state index in [1.54, 1.807) is 0 Å². The maximum atomic E-state index is 12.4.